The molecule has 0 aromatic carbocycles. The predicted octanol–water partition coefficient (Wildman–Crippen LogP) is 3.21. The molecule has 0 saturated heterocycles. The summed E-state index contributed by atoms with van der Waals surface area (Å²) in [5, 5.41) is 3.40. The molecular weight excluding hydrogens is 264 g/mol. The summed E-state index contributed by atoms with van der Waals surface area (Å²) in [6.45, 7) is 14.5. The number of esters is 1. The molecule has 0 spiro atoms. The summed E-state index contributed by atoms with van der Waals surface area (Å²) >= 11 is 0. The van der Waals surface area contributed by atoms with Gasteiger partial charge >= 0.3 is 5.97 Å². The van der Waals surface area contributed by atoms with Crippen LogP contribution in [0.15, 0.2) is 0 Å². The monoisotopic (exact) mass is 300 g/mol. The normalized spacial score (nSPS) is 14.2. The Morgan fingerprint density at radius 1 is 1.05 bits per heavy atom. The molecule has 0 saturated carbocycles. The number of nitrogens with zero attached hydrogens (tertiary/aromatic N) is 1. The molecule has 4 nitrogen and oxygen atoms in total. The van der Waals surface area contributed by atoms with E-state index in [1.807, 2.05) is 13.8 Å². The molecule has 4 heteroatoms. The van der Waals surface area contributed by atoms with Gasteiger partial charge in [-0.2, -0.15) is 0 Å². The molecule has 0 aliphatic heterocycles. The van der Waals surface area contributed by atoms with Gasteiger partial charge < -0.3 is 15.0 Å². The number of rotatable bonds is 13. The summed E-state index contributed by atoms with van der Waals surface area (Å²) in [7, 11) is 0. The molecule has 1 N–H and O–H groups in total. The average molecular weight is 300 g/mol. The van der Waals surface area contributed by atoms with E-state index in [9.17, 15) is 4.79 Å². The van der Waals surface area contributed by atoms with Crippen molar-refractivity contribution in [3.05, 3.63) is 0 Å². The maximum atomic E-state index is 12.3. The number of unbranched alkanes of at least 4 members (excludes halogenated alkanes) is 2. The highest BCUT2D eigenvalue weighted by molar-refractivity contribution is 5.80. The minimum absolute atomic E-state index is 0.128. The van der Waals surface area contributed by atoms with Crippen LogP contribution in [0.2, 0.25) is 0 Å². The highest BCUT2D eigenvalue weighted by atomic mass is 16.5. The maximum absolute atomic E-state index is 12.3. The van der Waals surface area contributed by atoms with E-state index in [4.69, 9.17) is 4.74 Å². The van der Waals surface area contributed by atoms with Crippen molar-refractivity contribution >= 4 is 5.97 Å². The van der Waals surface area contributed by atoms with Crippen molar-refractivity contribution < 1.29 is 9.53 Å². The summed E-state index contributed by atoms with van der Waals surface area (Å²) in [6.07, 6.45) is 5.73. The Balaban J connectivity index is 4.79. The fourth-order valence-electron chi connectivity index (χ4n) is 2.36. The Hall–Kier alpha value is -0.610. The SMILES string of the molecule is CCCCN(CCCC)CC(C)(NCCC)C(=O)OCC. The first-order chi connectivity index (χ1) is 10.0. The molecule has 1 atom stereocenters. The average Bonchev–Trinajstić information content (AvgIpc) is 2.48. The van der Waals surface area contributed by atoms with Crippen molar-refractivity contribution in [2.75, 3.05) is 32.8 Å². The number of ether oxygens (including phenoxy) is 1. The molecule has 126 valence electrons. The summed E-state index contributed by atoms with van der Waals surface area (Å²) in [5.74, 6) is -0.128. The molecular formula is C17H36N2O2. The second kappa shape index (κ2) is 12.0. The molecule has 0 fully saturated rings. The molecule has 0 aromatic rings. The van der Waals surface area contributed by atoms with Crippen LogP contribution in [-0.2, 0) is 9.53 Å². The fraction of sp³-hybridized carbons (Fsp3) is 0.941. The number of nitrogens with one attached hydrogen (secondary N) is 1. The minimum Gasteiger partial charge on any atom is -0.465 e. The van der Waals surface area contributed by atoms with E-state index in [1.165, 1.54) is 25.7 Å². The first-order valence-corrected chi connectivity index (χ1v) is 8.68. The van der Waals surface area contributed by atoms with Crippen LogP contribution in [0.5, 0.6) is 0 Å². The topological polar surface area (TPSA) is 41.6 Å². The van der Waals surface area contributed by atoms with Crippen LogP contribution in [0.3, 0.4) is 0 Å². The van der Waals surface area contributed by atoms with Crippen LogP contribution in [0, 0.1) is 0 Å². The van der Waals surface area contributed by atoms with Crippen LogP contribution in [-0.4, -0.2) is 49.2 Å². The largest absolute Gasteiger partial charge is 0.465 e. The second-order valence-electron chi connectivity index (χ2n) is 5.96. The molecule has 0 bridgehead atoms. The highest BCUT2D eigenvalue weighted by Crippen LogP contribution is 2.12. The van der Waals surface area contributed by atoms with Gasteiger partial charge in [-0.1, -0.05) is 33.6 Å². The molecule has 0 heterocycles. The minimum atomic E-state index is -0.604. The molecule has 0 radical (unpaired) electrons. The molecule has 0 aromatic heterocycles. The Kier molecular flexibility index (Phi) is 11.6. The van der Waals surface area contributed by atoms with Crippen molar-refractivity contribution in [3.8, 4) is 0 Å². The Morgan fingerprint density at radius 2 is 1.62 bits per heavy atom. The lowest BCUT2D eigenvalue weighted by molar-refractivity contribution is -0.151. The van der Waals surface area contributed by atoms with Crippen molar-refractivity contribution in [1.82, 2.24) is 10.2 Å². The van der Waals surface area contributed by atoms with Crippen LogP contribution >= 0.6 is 0 Å². The van der Waals surface area contributed by atoms with Crippen LogP contribution < -0.4 is 5.32 Å². The van der Waals surface area contributed by atoms with Crippen molar-refractivity contribution in [2.45, 2.75) is 72.3 Å². The van der Waals surface area contributed by atoms with Crippen molar-refractivity contribution in [2.24, 2.45) is 0 Å². The molecule has 21 heavy (non-hydrogen) atoms. The van der Waals surface area contributed by atoms with Gasteiger partial charge in [-0.3, -0.25) is 4.79 Å². The van der Waals surface area contributed by atoms with Crippen molar-refractivity contribution in [3.63, 3.8) is 0 Å². The van der Waals surface area contributed by atoms with E-state index in [0.717, 1.165) is 32.6 Å². The number of carbonyl (C=O) groups excluding carboxylic acids is 1. The van der Waals surface area contributed by atoms with Gasteiger partial charge in [0.1, 0.15) is 5.54 Å². The zero-order valence-electron chi connectivity index (χ0n) is 14.8. The van der Waals surface area contributed by atoms with E-state index in [1.54, 1.807) is 0 Å². The number of hydrogen-bond acceptors (Lipinski definition) is 4. The third-order valence-corrected chi connectivity index (χ3v) is 3.69. The van der Waals surface area contributed by atoms with E-state index in [-0.39, 0.29) is 5.97 Å². The van der Waals surface area contributed by atoms with Crippen LogP contribution in [0.25, 0.3) is 0 Å². The lowest BCUT2D eigenvalue weighted by atomic mass is 10.0. The number of hydrogen-bond donors (Lipinski definition) is 1. The smallest absolute Gasteiger partial charge is 0.327 e. The van der Waals surface area contributed by atoms with Gasteiger partial charge in [0.2, 0.25) is 0 Å². The lowest BCUT2D eigenvalue weighted by Gasteiger charge is -2.34. The predicted molar refractivity (Wildman–Crippen MR) is 89.6 cm³/mol. The third-order valence-electron chi connectivity index (χ3n) is 3.69. The van der Waals surface area contributed by atoms with Crippen LogP contribution in [0.1, 0.15) is 66.7 Å². The van der Waals surface area contributed by atoms with E-state index in [0.29, 0.717) is 6.61 Å². The standard InChI is InChI=1S/C17H36N2O2/c1-6-10-13-19(14-11-7-2)15-17(5,18-12-8-3)16(20)21-9-4/h18H,6-15H2,1-5H3. The highest BCUT2D eigenvalue weighted by Gasteiger charge is 2.35. The number of carbonyl (C=O) groups is 1. The van der Waals surface area contributed by atoms with Gasteiger partial charge in [-0.15, -0.1) is 0 Å². The molecule has 0 aliphatic rings. The van der Waals surface area contributed by atoms with Gasteiger partial charge in [0.05, 0.1) is 6.61 Å². The Labute approximate surface area is 131 Å². The summed E-state index contributed by atoms with van der Waals surface area (Å²) in [5.41, 5.74) is -0.604. The summed E-state index contributed by atoms with van der Waals surface area (Å²) in [4.78, 5) is 14.8. The van der Waals surface area contributed by atoms with E-state index in [2.05, 4.69) is 31.0 Å². The second-order valence-corrected chi connectivity index (χ2v) is 5.96. The molecule has 0 rings (SSSR count). The third kappa shape index (κ3) is 8.42. The quantitative estimate of drug-likeness (QED) is 0.530. The van der Waals surface area contributed by atoms with E-state index >= 15 is 0 Å². The Bertz CT molecular complexity index is 264. The zero-order chi connectivity index (χ0) is 16.1. The first-order valence-electron chi connectivity index (χ1n) is 8.68. The Morgan fingerprint density at radius 3 is 2.05 bits per heavy atom. The summed E-state index contributed by atoms with van der Waals surface area (Å²) < 4.78 is 5.29. The molecule has 1 unspecified atom stereocenters. The van der Waals surface area contributed by atoms with E-state index < -0.39 is 5.54 Å². The van der Waals surface area contributed by atoms with Gasteiger partial charge in [0.15, 0.2) is 0 Å². The lowest BCUT2D eigenvalue weighted by Crippen LogP contribution is -2.58. The van der Waals surface area contributed by atoms with Gasteiger partial charge in [0.25, 0.3) is 0 Å². The van der Waals surface area contributed by atoms with Crippen molar-refractivity contribution in [1.29, 1.82) is 0 Å². The van der Waals surface area contributed by atoms with Crippen LogP contribution in [0.4, 0.5) is 0 Å². The van der Waals surface area contributed by atoms with Gasteiger partial charge in [0, 0.05) is 6.54 Å². The zero-order valence-corrected chi connectivity index (χ0v) is 14.8. The van der Waals surface area contributed by atoms with Gasteiger partial charge in [-0.25, -0.2) is 0 Å². The molecule has 0 aliphatic carbocycles. The fourth-order valence-corrected chi connectivity index (χ4v) is 2.36. The molecule has 0 amide bonds. The summed E-state index contributed by atoms with van der Waals surface area (Å²) in [6, 6.07) is 0. The first kappa shape index (κ1) is 20.4. The maximum Gasteiger partial charge on any atom is 0.327 e. The van der Waals surface area contributed by atoms with Gasteiger partial charge in [-0.05, 0) is 52.7 Å².